The van der Waals surface area contributed by atoms with Crippen LogP contribution in [0.25, 0.3) is 0 Å². The lowest BCUT2D eigenvalue weighted by Gasteiger charge is -2.14. The normalized spacial score (nSPS) is 11.5. The summed E-state index contributed by atoms with van der Waals surface area (Å²) in [5, 5.41) is 2.75. The number of hydrogen-bond donors (Lipinski definition) is 1. The van der Waals surface area contributed by atoms with E-state index in [1.54, 1.807) is 37.3 Å². The van der Waals surface area contributed by atoms with Crippen LogP contribution in [0, 0.1) is 6.92 Å². The quantitative estimate of drug-likeness (QED) is 0.877. The summed E-state index contributed by atoms with van der Waals surface area (Å²) in [7, 11) is 0. The van der Waals surface area contributed by atoms with Crippen molar-refractivity contribution in [1.29, 1.82) is 0 Å². The molecule has 0 saturated carbocycles. The molecule has 2 aromatic carbocycles. The van der Waals surface area contributed by atoms with Gasteiger partial charge in [0.25, 0.3) is 5.91 Å². The van der Waals surface area contributed by atoms with E-state index < -0.39 is 12.1 Å². The second-order valence-corrected chi connectivity index (χ2v) is 4.72. The van der Waals surface area contributed by atoms with Crippen LogP contribution in [0.3, 0.4) is 0 Å². The van der Waals surface area contributed by atoms with Crippen molar-refractivity contribution in [2.24, 2.45) is 0 Å². The van der Waals surface area contributed by atoms with Gasteiger partial charge >= 0.3 is 5.97 Å². The summed E-state index contributed by atoms with van der Waals surface area (Å²) in [6, 6.07) is 16.0. The van der Waals surface area contributed by atoms with Crippen molar-refractivity contribution in [1.82, 2.24) is 0 Å². The molecule has 21 heavy (non-hydrogen) atoms. The number of carbonyl (C=O) groups excluding carboxylic acids is 2. The summed E-state index contributed by atoms with van der Waals surface area (Å²) in [5.74, 6) is -0.864. The standard InChI is InChI=1S/C17H17NO3/c1-12-8-6-7-11-15(12)18-16(19)13(2)21-17(20)14-9-4-3-5-10-14/h3-11,13H,1-2H3,(H,18,19). The highest BCUT2D eigenvalue weighted by atomic mass is 16.5. The third kappa shape index (κ3) is 3.92. The Morgan fingerprint density at radius 2 is 1.62 bits per heavy atom. The number of amides is 1. The van der Waals surface area contributed by atoms with E-state index >= 15 is 0 Å². The first-order valence-corrected chi connectivity index (χ1v) is 6.70. The number of aryl methyl sites for hydroxylation is 1. The van der Waals surface area contributed by atoms with Crippen molar-refractivity contribution in [3.8, 4) is 0 Å². The highest BCUT2D eigenvalue weighted by molar-refractivity contribution is 5.97. The molecule has 0 bridgehead atoms. The number of ether oxygens (including phenoxy) is 1. The van der Waals surface area contributed by atoms with E-state index in [0.29, 0.717) is 11.3 Å². The molecular formula is C17H17NO3. The van der Waals surface area contributed by atoms with E-state index in [9.17, 15) is 9.59 Å². The van der Waals surface area contributed by atoms with Crippen LogP contribution in [0.5, 0.6) is 0 Å². The second kappa shape index (κ2) is 6.70. The van der Waals surface area contributed by atoms with Gasteiger partial charge in [0.1, 0.15) is 0 Å². The number of rotatable bonds is 4. The molecule has 1 N–H and O–H groups in total. The van der Waals surface area contributed by atoms with E-state index in [-0.39, 0.29) is 5.91 Å². The van der Waals surface area contributed by atoms with E-state index in [1.165, 1.54) is 0 Å². The van der Waals surface area contributed by atoms with Gasteiger partial charge in [0.2, 0.25) is 0 Å². The van der Waals surface area contributed by atoms with Gasteiger partial charge in [-0.3, -0.25) is 4.79 Å². The van der Waals surface area contributed by atoms with E-state index in [0.717, 1.165) is 5.56 Å². The van der Waals surface area contributed by atoms with E-state index in [1.807, 2.05) is 31.2 Å². The molecular weight excluding hydrogens is 266 g/mol. The minimum Gasteiger partial charge on any atom is -0.449 e. The number of hydrogen-bond acceptors (Lipinski definition) is 3. The molecule has 1 unspecified atom stereocenters. The zero-order chi connectivity index (χ0) is 15.2. The van der Waals surface area contributed by atoms with Gasteiger partial charge in [-0.1, -0.05) is 36.4 Å². The Bertz CT molecular complexity index is 637. The molecule has 0 saturated heterocycles. The van der Waals surface area contributed by atoms with Crippen LogP contribution in [-0.2, 0) is 9.53 Å². The maximum Gasteiger partial charge on any atom is 0.338 e. The summed E-state index contributed by atoms with van der Waals surface area (Å²) in [5.41, 5.74) is 2.09. The van der Waals surface area contributed by atoms with Crippen molar-refractivity contribution >= 4 is 17.6 Å². The van der Waals surface area contributed by atoms with Gasteiger partial charge in [0.15, 0.2) is 6.10 Å². The Morgan fingerprint density at radius 3 is 2.29 bits per heavy atom. The number of nitrogens with one attached hydrogen (secondary N) is 1. The Morgan fingerprint density at radius 1 is 1.00 bits per heavy atom. The lowest BCUT2D eigenvalue weighted by molar-refractivity contribution is -0.123. The lowest BCUT2D eigenvalue weighted by atomic mass is 10.2. The first-order chi connectivity index (χ1) is 10.1. The van der Waals surface area contributed by atoms with Crippen LogP contribution in [0.15, 0.2) is 54.6 Å². The van der Waals surface area contributed by atoms with Crippen LogP contribution in [-0.4, -0.2) is 18.0 Å². The maximum atomic E-state index is 12.0. The van der Waals surface area contributed by atoms with Crippen LogP contribution < -0.4 is 5.32 Å². The summed E-state index contributed by atoms with van der Waals surface area (Å²) >= 11 is 0. The van der Waals surface area contributed by atoms with Gasteiger partial charge in [-0.05, 0) is 37.6 Å². The maximum absolute atomic E-state index is 12.0. The first-order valence-electron chi connectivity index (χ1n) is 6.70. The van der Waals surface area contributed by atoms with Gasteiger partial charge in [0.05, 0.1) is 5.56 Å². The highest BCUT2D eigenvalue weighted by Crippen LogP contribution is 2.14. The SMILES string of the molecule is Cc1ccccc1NC(=O)C(C)OC(=O)c1ccccc1. The molecule has 108 valence electrons. The highest BCUT2D eigenvalue weighted by Gasteiger charge is 2.19. The molecule has 1 atom stereocenters. The minimum absolute atomic E-state index is 0.353. The largest absolute Gasteiger partial charge is 0.449 e. The fourth-order valence-corrected chi connectivity index (χ4v) is 1.80. The van der Waals surface area contributed by atoms with Crippen molar-refractivity contribution in [3.05, 3.63) is 65.7 Å². The van der Waals surface area contributed by atoms with Crippen LogP contribution in [0.4, 0.5) is 5.69 Å². The zero-order valence-electron chi connectivity index (χ0n) is 12.0. The third-order valence-electron chi connectivity index (χ3n) is 3.07. The average molecular weight is 283 g/mol. The molecule has 2 aromatic rings. The third-order valence-corrected chi connectivity index (χ3v) is 3.07. The van der Waals surface area contributed by atoms with Gasteiger partial charge in [-0.15, -0.1) is 0 Å². The average Bonchev–Trinajstić information content (AvgIpc) is 2.50. The number of esters is 1. The predicted octanol–water partition coefficient (Wildman–Crippen LogP) is 3.18. The molecule has 0 aliphatic rings. The Hall–Kier alpha value is -2.62. The monoisotopic (exact) mass is 283 g/mol. The molecule has 4 heteroatoms. The van der Waals surface area contributed by atoms with Crippen molar-refractivity contribution in [2.75, 3.05) is 5.32 Å². The van der Waals surface area contributed by atoms with E-state index in [4.69, 9.17) is 4.74 Å². The zero-order valence-corrected chi connectivity index (χ0v) is 12.0. The Balaban J connectivity index is 1.97. The molecule has 0 heterocycles. The molecule has 0 aromatic heterocycles. The van der Waals surface area contributed by atoms with Gasteiger partial charge in [-0.25, -0.2) is 4.79 Å². The summed E-state index contributed by atoms with van der Waals surface area (Å²) < 4.78 is 5.16. The smallest absolute Gasteiger partial charge is 0.338 e. The summed E-state index contributed by atoms with van der Waals surface area (Å²) in [6.45, 7) is 3.45. The molecule has 0 radical (unpaired) electrons. The fraction of sp³-hybridized carbons (Fsp3) is 0.176. The molecule has 1 amide bonds. The number of anilines is 1. The first kappa shape index (κ1) is 14.8. The van der Waals surface area contributed by atoms with E-state index in [2.05, 4.69) is 5.32 Å². The Kier molecular flexibility index (Phi) is 4.72. The number of carbonyl (C=O) groups is 2. The van der Waals surface area contributed by atoms with Gasteiger partial charge < -0.3 is 10.1 Å². The van der Waals surface area contributed by atoms with Gasteiger partial charge in [0, 0.05) is 5.69 Å². The lowest BCUT2D eigenvalue weighted by Crippen LogP contribution is -2.30. The van der Waals surface area contributed by atoms with Crippen LogP contribution in [0.1, 0.15) is 22.8 Å². The van der Waals surface area contributed by atoms with Gasteiger partial charge in [-0.2, -0.15) is 0 Å². The molecule has 0 fully saturated rings. The molecule has 2 rings (SSSR count). The molecule has 0 aliphatic heterocycles. The topological polar surface area (TPSA) is 55.4 Å². The fourth-order valence-electron chi connectivity index (χ4n) is 1.80. The Labute approximate surface area is 123 Å². The summed E-state index contributed by atoms with van der Waals surface area (Å²) in [4.78, 5) is 23.9. The predicted molar refractivity (Wildman–Crippen MR) is 81.1 cm³/mol. The van der Waals surface area contributed by atoms with Crippen molar-refractivity contribution < 1.29 is 14.3 Å². The number of para-hydroxylation sites is 1. The minimum atomic E-state index is -0.864. The molecule has 0 spiro atoms. The molecule has 0 aliphatic carbocycles. The van der Waals surface area contributed by atoms with Crippen LogP contribution in [0.2, 0.25) is 0 Å². The summed E-state index contributed by atoms with van der Waals surface area (Å²) in [6.07, 6.45) is -0.864. The van der Waals surface area contributed by atoms with Crippen molar-refractivity contribution in [3.63, 3.8) is 0 Å². The molecule has 4 nitrogen and oxygen atoms in total. The number of benzene rings is 2. The second-order valence-electron chi connectivity index (χ2n) is 4.72. The van der Waals surface area contributed by atoms with Crippen molar-refractivity contribution in [2.45, 2.75) is 20.0 Å². The van der Waals surface area contributed by atoms with Crippen LogP contribution >= 0.6 is 0 Å².